The summed E-state index contributed by atoms with van der Waals surface area (Å²) in [6.07, 6.45) is 3.01. The summed E-state index contributed by atoms with van der Waals surface area (Å²) in [5.41, 5.74) is 0.891. The van der Waals surface area contributed by atoms with Gasteiger partial charge in [-0.1, -0.05) is 19.9 Å². The highest BCUT2D eigenvalue weighted by molar-refractivity contribution is 5.21. The van der Waals surface area contributed by atoms with Gasteiger partial charge in [-0.2, -0.15) is 0 Å². The fourth-order valence-electron chi connectivity index (χ4n) is 2.26. The molecule has 0 saturated heterocycles. The smallest absolute Gasteiger partial charge is 0.129 e. The minimum atomic E-state index is -0.510. The molecule has 1 saturated carbocycles. The molecule has 17 heavy (non-hydrogen) atoms. The van der Waals surface area contributed by atoms with Crippen LogP contribution >= 0.6 is 0 Å². The van der Waals surface area contributed by atoms with Crippen molar-refractivity contribution in [2.45, 2.75) is 39.2 Å². The lowest BCUT2D eigenvalue weighted by molar-refractivity contribution is 0.356. The van der Waals surface area contributed by atoms with Crippen LogP contribution in [0.15, 0.2) is 18.2 Å². The lowest BCUT2D eigenvalue weighted by Gasteiger charge is -2.24. The minimum absolute atomic E-state index is 0.285. The molecule has 1 N–H and O–H groups in total. The summed E-state index contributed by atoms with van der Waals surface area (Å²) in [7, 11) is 0. The Morgan fingerprint density at radius 2 is 2.06 bits per heavy atom. The molecule has 0 aliphatic heterocycles. The molecule has 1 nitrogen and oxygen atoms in total. The van der Waals surface area contributed by atoms with Crippen LogP contribution in [-0.2, 0) is 6.42 Å². The molecule has 0 radical (unpaired) electrons. The highest BCUT2D eigenvalue weighted by Gasteiger charge is 2.44. The zero-order valence-electron chi connectivity index (χ0n) is 10.4. The van der Waals surface area contributed by atoms with Crippen LogP contribution in [0.5, 0.6) is 0 Å². The van der Waals surface area contributed by atoms with Crippen LogP contribution in [0, 0.1) is 17.0 Å². The van der Waals surface area contributed by atoms with E-state index >= 15 is 0 Å². The van der Waals surface area contributed by atoms with Crippen LogP contribution in [0.1, 0.15) is 32.3 Å². The van der Waals surface area contributed by atoms with Crippen LogP contribution < -0.4 is 5.32 Å². The summed E-state index contributed by atoms with van der Waals surface area (Å²) >= 11 is 0. The van der Waals surface area contributed by atoms with Gasteiger partial charge < -0.3 is 5.32 Å². The van der Waals surface area contributed by atoms with Crippen molar-refractivity contribution in [1.82, 2.24) is 5.32 Å². The Hall–Kier alpha value is -0.960. The van der Waals surface area contributed by atoms with Crippen molar-refractivity contribution in [3.8, 4) is 0 Å². The van der Waals surface area contributed by atoms with Gasteiger partial charge in [0, 0.05) is 12.1 Å². The molecule has 0 spiro atoms. The SMILES string of the molecule is CCNC(Cc1ccc(F)cc1F)C1(C)CC1. The molecule has 1 aromatic carbocycles. The molecule has 0 bridgehead atoms. The first-order chi connectivity index (χ1) is 8.05. The van der Waals surface area contributed by atoms with Gasteiger partial charge in [-0.25, -0.2) is 8.78 Å². The van der Waals surface area contributed by atoms with Crippen LogP contribution in [0.25, 0.3) is 0 Å². The van der Waals surface area contributed by atoms with Crippen molar-refractivity contribution in [3.63, 3.8) is 0 Å². The van der Waals surface area contributed by atoms with E-state index in [4.69, 9.17) is 0 Å². The number of likely N-dealkylation sites (N-methyl/N-ethyl adjacent to an activating group) is 1. The average Bonchev–Trinajstić information content (AvgIpc) is 3.01. The van der Waals surface area contributed by atoms with E-state index in [0.29, 0.717) is 12.0 Å². The van der Waals surface area contributed by atoms with Crippen molar-refractivity contribution < 1.29 is 8.78 Å². The number of hydrogen-bond acceptors (Lipinski definition) is 1. The van der Waals surface area contributed by atoms with Gasteiger partial charge in [-0.15, -0.1) is 0 Å². The Kier molecular flexibility index (Phi) is 3.48. The predicted octanol–water partition coefficient (Wildman–Crippen LogP) is 3.29. The third kappa shape index (κ3) is 2.83. The maximum atomic E-state index is 13.6. The number of rotatable bonds is 5. The largest absolute Gasteiger partial charge is 0.313 e. The highest BCUT2D eigenvalue weighted by Crippen LogP contribution is 2.49. The normalized spacial score (nSPS) is 19.1. The summed E-state index contributed by atoms with van der Waals surface area (Å²) in [4.78, 5) is 0. The number of nitrogens with one attached hydrogen (secondary N) is 1. The molecule has 1 atom stereocenters. The standard InChI is InChI=1S/C14H19F2N/c1-3-17-13(14(2)6-7-14)8-10-4-5-11(15)9-12(10)16/h4-5,9,13,17H,3,6-8H2,1-2H3. The second-order valence-electron chi connectivity index (χ2n) is 5.20. The molecule has 0 aromatic heterocycles. The zero-order chi connectivity index (χ0) is 12.5. The fourth-order valence-corrected chi connectivity index (χ4v) is 2.26. The molecule has 1 aromatic rings. The molecular weight excluding hydrogens is 220 g/mol. The Bertz CT molecular complexity index is 399. The topological polar surface area (TPSA) is 12.0 Å². The lowest BCUT2D eigenvalue weighted by atomic mass is 9.92. The van der Waals surface area contributed by atoms with Gasteiger partial charge in [0.2, 0.25) is 0 Å². The van der Waals surface area contributed by atoms with Gasteiger partial charge >= 0.3 is 0 Å². The summed E-state index contributed by atoms with van der Waals surface area (Å²) in [5, 5.41) is 3.41. The van der Waals surface area contributed by atoms with E-state index in [1.54, 1.807) is 6.07 Å². The Balaban J connectivity index is 2.11. The molecule has 94 valence electrons. The molecule has 1 aliphatic carbocycles. The maximum absolute atomic E-state index is 13.6. The van der Waals surface area contributed by atoms with Crippen molar-refractivity contribution in [2.75, 3.05) is 6.54 Å². The van der Waals surface area contributed by atoms with Gasteiger partial charge in [0.15, 0.2) is 0 Å². The zero-order valence-corrected chi connectivity index (χ0v) is 10.4. The number of benzene rings is 1. The number of halogens is 2. The van der Waals surface area contributed by atoms with Gasteiger partial charge in [0.25, 0.3) is 0 Å². The van der Waals surface area contributed by atoms with Crippen LogP contribution in [-0.4, -0.2) is 12.6 Å². The van der Waals surface area contributed by atoms with E-state index in [1.165, 1.54) is 18.9 Å². The third-order valence-corrected chi connectivity index (χ3v) is 3.77. The van der Waals surface area contributed by atoms with E-state index in [9.17, 15) is 8.78 Å². The summed E-state index contributed by atoms with van der Waals surface area (Å²) in [5.74, 6) is -0.943. The second kappa shape index (κ2) is 4.73. The lowest BCUT2D eigenvalue weighted by Crippen LogP contribution is -2.38. The van der Waals surface area contributed by atoms with Crippen molar-refractivity contribution >= 4 is 0 Å². The molecular formula is C14H19F2N. The monoisotopic (exact) mass is 239 g/mol. The van der Waals surface area contributed by atoms with Crippen molar-refractivity contribution in [1.29, 1.82) is 0 Å². The van der Waals surface area contributed by atoms with Gasteiger partial charge in [-0.05, 0) is 42.9 Å². The minimum Gasteiger partial charge on any atom is -0.313 e. The first-order valence-corrected chi connectivity index (χ1v) is 6.22. The first-order valence-electron chi connectivity index (χ1n) is 6.22. The van der Waals surface area contributed by atoms with Crippen LogP contribution in [0.3, 0.4) is 0 Å². The van der Waals surface area contributed by atoms with Crippen LogP contribution in [0.2, 0.25) is 0 Å². The number of hydrogen-bond donors (Lipinski definition) is 1. The predicted molar refractivity (Wildman–Crippen MR) is 64.9 cm³/mol. The summed E-state index contributed by atoms with van der Waals surface area (Å²) < 4.78 is 26.4. The summed E-state index contributed by atoms with van der Waals surface area (Å²) in [6.45, 7) is 5.16. The molecule has 2 rings (SSSR count). The third-order valence-electron chi connectivity index (χ3n) is 3.77. The van der Waals surface area contributed by atoms with E-state index in [2.05, 4.69) is 19.2 Å². The Morgan fingerprint density at radius 3 is 2.59 bits per heavy atom. The van der Waals surface area contributed by atoms with Gasteiger partial charge in [0.05, 0.1) is 0 Å². The highest BCUT2D eigenvalue weighted by atomic mass is 19.1. The molecule has 1 fully saturated rings. The van der Waals surface area contributed by atoms with Crippen molar-refractivity contribution in [3.05, 3.63) is 35.4 Å². The molecule has 0 amide bonds. The molecule has 0 heterocycles. The maximum Gasteiger partial charge on any atom is 0.129 e. The summed E-state index contributed by atoms with van der Waals surface area (Å²) in [6, 6.07) is 4.14. The Labute approximate surface area is 101 Å². The van der Waals surface area contributed by atoms with E-state index in [0.717, 1.165) is 12.6 Å². The molecule has 1 aliphatic rings. The van der Waals surface area contributed by atoms with E-state index in [1.807, 2.05) is 0 Å². The van der Waals surface area contributed by atoms with E-state index in [-0.39, 0.29) is 11.5 Å². The average molecular weight is 239 g/mol. The molecule has 1 unspecified atom stereocenters. The second-order valence-corrected chi connectivity index (χ2v) is 5.20. The van der Waals surface area contributed by atoms with Gasteiger partial charge in [-0.3, -0.25) is 0 Å². The van der Waals surface area contributed by atoms with Gasteiger partial charge in [0.1, 0.15) is 11.6 Å². The van der Waals surface area contributed by atoms with E-state index < -0.39 is 11.6 Å². The fraction of sp³-hybridized carbons (Fsp3) is 0.571. The van der Waals surface area contributed by atoms with Crippen molar-refractivity contribution in [2.24, 2.45) is 5.41 Å². The molecule has 3 heteroatoms. The Morgan fingerprint density at radius 1 is 1.35 bits per heavy atom. The van der Waals surface area contributed by atoms with Crippen LogP contribution in [0.4, 0.5) is 8.78 Å². The first kappa shape index (κ1) is 12.5. The quantitative estimate of drug-likeness (QED) is 0.831.